The Kier molecular flexibility index (Phi) is 3.80. The number of hydrogen-bond donors (Lipinski definition) is 2. The van der Waals surface area contributed by atoms with Gasteiger partial charge in [-0.1, -0.05) is 18.2 Å². The molecule has 3 aliphatic rings. The van der Waals surface area contributed by atoms with Gasteiger partial charge in [0.2, 0.25) is 5.91 Å². The summed E-state index contributed by atoms with van der Waals surface area (Å²) in [7, 11) is 0. The van der Waals surface area contributed by atoms with Crippen molar-refractivity contribution in [3.8, 4) is 0 Å². The zero-order valence-corrected chi connectivity index (χ0v) is 13.9. The highest BCUT2D eigenvalue weighted by Crippen LogP contribution is 2.47. The number of fused-ring (bicyclic) bond motifs is 3. The molecule has 3 N–H and O–H groups in total. The molecule has 2 bridgehead atoms. The Morgan fingerprint density at radius 1 is 1.30 bits per heavy atom. The molecule has 1 heterocycles. The third-order valence-electron chi connectivity index (χ3n) is 6.28. The lowest BCUT2D eigenvalue weighted by molar-refractivity contribution is -0.126. The Balaban J connectivity index is 1.33. The number of amides is 1. The Labute approximate surface area is 138 Å². The van der Waals surface area contributed by atoms with Crippen molar-refractivity contribution in [1.29, 1.82) is 0 Å². The smallest absolute Gasteiger partial charge is 0.225 e. The summed E-state index contributed by atoms with van der Waals surface area (Å²) in [5.41, 5.74) is 9.02. The van der Waals surface area contributed by atoms with Gasteiger partial charge in [-0.05, 0) is 56.1 Å². The molecule has 5 atom stereocenters. The number of nitrogens with two attached hydrogens (primary N) is 1. The summed E-state index contributed by atoms with van der Waals surface area (Å²) in [5, 5.41) is 3.16. The second-order valence-corrected chi connectivity index (χ2v) is 7.60. The fourth-order valence-corrected chi connectivity index (χ4v) is 5.11. The summed E-state index contributed by atoms with van der Waals surface area (Å²) in [6, 6.07) is 9.18. The second-order valence-electron chi connectivity index (χ2n) is 7.60. The van der Waals surface area contributed by atoms with E-state index in [2.05, 4.69) is 41.4 Å². The van der Waals surface area contributed by atoms with Crippen LogP contribution in [0.25, 0.3) is 0 Å². The number of hydrogen-bond acceptors (Lipinski definition) is 3. The molecule has 1 aliphatic heterocycles. The highest BCUT2D eigenvalue weighted by atomic mass is 16.1. The average Bonchev–Trinajstić information content (AvgIpc) is 3.20. The van der Waals surface area contributed by atoms with Crippen LogP contribution in [-0.4, -0.2) is 31.1 Å². The van der Waals surface area contributed by atoms with E-state index < -0.39 is 0 Å². The van der Waals surface area contributed by atoms with Gasteiger partial charge in [-0.15, -0.1) is 0 Å². The maximum absolute atomic E-state index is 12.5. The summed E-state index contributed by atoms with van der Waals surface area (Å²) in [4.78, 5) is 14.9. The summed E-state index contributed by atoms with van der Waals surface area (Å²) in [6.45, 7) is 3.84. The van der Waals surface area contributed by atoms with Crippen LogP contribution in [0.4, 0.5) is 5.69 Å². The first-order chi connectivity index (χ1) is 11.1. The van der Waals surface area contributed by atoms with E-state index in [1.54, 1.807) is 0 Å². The molecule has 2 fully saturated rings. The van der Waals surface area contributed by atoms with Crippen molar-refractivity contribution in [2.75, 3.05) is 18.0 Å². The lowest BCUT2D eigenvalue weighted by Crippen LogP contribution is -2.47. The number of rotatable bonds is 4. The van der Waals surface area contributed by atoms with E-state index in [9.17, 15) is 4.79 Å². The first-order valence-electron chi connectivity index (χ1n) is 9.03. The number of nitrogens with zero attached hydrogens (tertiary/aromatic N) is 1. The maximum atomic E-state index is 12.5. The van der Waals surface area contributed by atoms with Gasteiger partial charge in [0.25, 0.3) is 0 Å². The van der Waals surface area contributed by atoms with Crippen molar-refractivity contribution in [2.24, 2.45) is 23.5 Å². The largest absolute Gasteiger partial charge is 0.367 e. The van der Waals surface area contributed by atoms with Gasteiger partial charge < -0.3 is 16.0 Å². The molecule has 4 heteroatoms. The fourth-order valence-electron chi connectivity index (χ4n) is 5.11. The van der Waals surface area contributed by atoms with Crippen molar-refractivity contribution in [3.05, 3.63) is 29.8 Å². The molecular weight excluding hydrogens is 286 g/mol. The SMILES string of the molecule is CC1Cc2ccccc2N1CCNC(=O)C1C2CCC(C2)C1N. The van der Waals surface area contributed by atoms with Crippen LogP contribution < -0.4 is 16.0 Å². The van der Waals surface area contributed by atoms with Gasteiger partial charge in [0.15, 0.2) is 0 Å². The van der Waals surface area contributed by atoms with E-state index in [-0.39, 0.29) is 17.9 Å². The van der Waals surface area contributed by atoms with Crippen LogP contribution in [0.3, 0.4) is 0 Å². The number of benzene rings is 1. The molecule has 0 spiro atoms. The van der Waals surface area contributed by atoms with E-state index in [4.69, 9.17) is 5.73 Å². The minimum atomic E-state index is 0.0528. The van der Waals surface area contributed by atoms with Crippen molar-refractivity contribution in [3.63, 3.8) is 0 Å². The lowest BCUT2D eigenvalue weighted by atomic mass is 9.84. The molecule has 2 aliphatic carbocycles. The topological polar surface area (TPSA) is 58.4 Å². The normalized spacial score (nSPS) is 34.7. The minimum absolute atomic E-state index is 0.0528. The van der Waals surface area contributed by atoms with E-state index in [1.807, 2.05) is 0 Å². The van der Waals surface area contributed by atoms with Gasteiger partial charge in [-0.3, -0.25) is 4.79 Å². The van der Waals surface area contributed by atoms with Crippen LogP contribution in [0.15, 0.2) is 24.3 Å². The molecule has 1 aromatic rings. The first-order valence-corrected chi connectivity index (χ1v) is 9.03. The van der Waals surface area contributed by atoms with Crippen molar-refractivity contribution >= 4 is 11.6 Å². The molecule has 124 valence electrons. The van der Waals surface area contributed by atoms with Gasteiger partial charge in [0.1, 0.15) is 0 Å². The zero-order chi connectivity index (χ0) is 16.0. The number of carbonyl (C=O) groups excluding carboxylic acids is 1. The zero-order valence-electron chi connectivity index (χ0n) is 13.9. The van der Waals surface area contributed by atoms with Gasteiger partial charge >= 0.3 is 0 Å². The molecule has 1 amide bonds. The molecule has 0 radical (unpaired) electrons. The Morgan fingerprint density at radius 2 is 2.09 bits per heavy atom. The van der Waals surface area contributed by atoms with Gasteiger partial charge in [0, 0.05) is 30.9 Å². The Morgan fingerprint density at radius 3 is 2.87 bits per heavy atom. The van der Waals surface area contributed by atoms with E-state index in [0.717, 1.165) is 19.4 Å². The highest BCUT2D eigenvalue weighted by Gasteiger charge is 2.48. The molecule has 0 aromatic heterocycles. The molecule has 23 heavy (non-hydrogen) atoms. The van der Waals surface area contributed by atoms with Crippen LogP contribution in [-0.2, 0) is 11.2 Å². The van der Waals surface area contributed by atoms with Crippen molar-refractivity contribution < 1.29 is 4.79 Å². The van der Waals surface area contributed by atoms with Crippen LogP contribution in [0, 0.1) is 17.8 Å². The number of anilines is 1. The van der Waals surface area contributed by atoms with E-state index in [0.29, 0.717) is 24.4 Å². The molecule has 0 saturated heterocycles. The second kappa shape index (κ2) is 5.82. The minimum Gasteiger partial charge on any atom is -0.367 e. The quantitative estimate of drug-likeness (QED) is 0.893. The molecule has 4 nitrogen and oxygen atoms in total. The predicted octanol–water partition coefficient (Wildman–Crippen LogP) is 1.93. The molecular formula is C19H27N3O. The first kappa shape index (κ1) is 15.0. The summed E-state index contributed by atoms with van der Waals surface area (Å²) >= 11 is 0. The predicted molar refractivity (Wildman–Crippen MR) is 92.3 cm³/mol. The van der Waals surface area contributed by atoms with Crippen LogP contribution in [0.5, 0.6) is 0 Å². The Bertz CT molecular complexity index is 600. The monoisotopic (exact) mass is 313 g/mol. The maximum Gasteiger partial charge on any atom is 0.225 e. The van der Waals surface area contributed by atoms with Crippen molar-refractivity contribution in [1.82, 2.24) is 5.32 Å². The van der Waals surface area contributed by atoms with Gasteiger partial charge in [0.05, 0.1) is 5.92 Å². The lowest BCUT2D eigenvalue weighted by Gasteiger charge is -2.28. The highest BCUT2D eigenvalue weighted by molar-refractivity contribution is 5.80. The molecule has 2 saturated carbocycles. The number of para-hydroxylation sites is 1. The summed E-state index contributed by atoms with van der Waals surface area (Å²) in [5.74, 6) is 1.35. The third kappa shape index (κ3) is 2.53. The Hall–Kier alpha value is -1.55. The molecule has 4 rings (SSSR count). The van der Waals surface area contributed by atoms with E-state index >= 15 is 0 Å². The van der Waals surface area contributed by atoms with E-state index in [1.165, 1.54) is 24.1 Å². The molecule has 1 aromatic carbocycles. The third-order valence-corrected chi connectivity index (χ3v) is 6.28. The molecule has 5 unspecified atom stereocenters. The van der Waals surface area contributed by atoms with Crippen LogP contribution >= 0.6 is 0 Å². The summed E-state index contributed by atoms with van der Waals surface area (Å²) < 4.78 is 0. The standard InChI is InChI=1S/C19H27N3O/c1-12-10-13-4-2-3-5-16(13)22(12)9-8-21-19(23)17-14-6-7-15(11-14)18(17)20/h2-5,12,14-15,17-18H,6-11,20H2,1H3,(H,21,23). The fraction of sp³-hybridized carbons (Fsp3) is 0.632. The van der Waals surface area contributed by atoms with Crippen molar-refractivity contribution in [2.45, 2.75) is 44.7 Å². The average molecular weight is 313 g/mol. The van der Waals surface area contributed by atoms with Crippen LogP contribution in [0.2, 0.25) is 0 Å². The van der Waals surface area contributed by atoms with Gasteiger partial charge in [-0.2, -0.15) is 0 Å². The number of nitrogens with one attached hydrogen (secondary N) is 1. The summed E-state index contributed by atoms with van der Waals surface area (Å²) in [6.07, 6.45) is 4.67. The number of carbonyl (C=O) groups is 1. The van der Waals surface area contributed by atoms with Gasteiger partial charge in [-0.25, -0.2) is 0 Å². The van der Waals surface area contributed by atoms with Crippen LogP contribution in [0.1, 0.15) is 31.7 Å².